The van der Waals surface area contributed by atoms with Gasteiger partial charge in [-0.05, 0) is 32.6 Å². The number of aromatic nitrogens is 2. The van der Waals surface area contributed by atoms with Crippen molar-refractivity contribution in [3.63, 3.8) is 0 Å². The van der Waals surface area contributed by atoms with Gasteiger partial charge in [0.2, 0.25) is 0 Å². The third kappa shape index (κ3) is 3.39. The molecule has 4 heterocycles. The highest BCUT2D eigenvalue weighted by molar-refractivity contribution is 6.02. The lowest BCUT2D eigenvalue weighted by Crippen LogP contribution is -2.44. The van der Waals surface area contributed by atoms with Crippen molar-refractivity contribution in [2.75, 3.05) is 27.2 Å². The molecule has 0 saturated carbocycles. The third-order valence-corrected chi connectivity index (χ3v) is 6.53. The number of oxime groups is 1. The largest absolute Gasteiger partial charge is 0.458 e. The van der Waals surface area contributed by atoms with Crippen molar-refractivity contribution in [3.8, 4) is 11.4 Å². The van der Waals surface area contributed by atoms with E-state index >= 15 is 0 Å². The summed E-state index contributed by atoms with van der Waals surface area (Å²) in [6.45, 7) is 3.01. The number of aliphatic hydroxyl groups is 1. The van der Waals surface area contributed by atoms with Gasteiger partial charge in [-0.15, -0.1) is 0 Å². The van der Waals surface area contributed by atoms with Crippen molar-refractivity contribution in [1.29, 1.82) is 0 Å². The van der Waals surface area contributed by atoms with Crippen LogP contribution in [-0.2, 0) is 33.1 Å². The summed E-state index contributed by atoms with van der Waals surface area (Å²) in [6, 6.07) is 9.40. The Balaban J connectivity index is 1.67. The molecule has 9 nitrogen and oxygen atoms in total. The number of esters is 1. The first-order valence-corrected chi connectivity index (χ1v) is 11.2. The number of fused-ring (bicyclic) bond motifs is 5. The van der Waals surface area contributed by atoms with E-state index in [9.17, 15) is 14.7 Å². The van der Waals surface area contributed by atoms with Crippen molar-refractivity contribution in [2.45, 2.75) is 32.1 Å². The fourth-order valence-electron chi connectivity index (χ4n) is 4.57. The highest BCUT2D eigenvalue weighted by Crippen LogP contribution is 2.39. The number of hydrogen-bond donors (Lipinski definition) is 1. The molecule has 0 aliphatic carbocycles. The van der Waals surface area contributed by atoms with Crippen LogP contribution >= 0.6 is 0 Å². The van der Waals surface area contributed by atoms with Crippen molar-refractivity contribution in [1.82, 2.24) is 14.5 Å². The Labute approximate surface area is 196 Å². The van der Waals surface area contributed by atoms with Crippen LogP contribution in [0.5, 0.6) is 0 Å². The van der Waals surface area contributed by atoms with Crippen LogP contribution in [-0.4, -0.2) is 59.0 Å². The monoisotopic (exact) mass is 462 g/mol. The SMILES string of the molecule is CC[C@@]1(O)C(=O)OCc2c1cc1n(c2=O)Cc2c-1nc1ccccc1c2/C=N\OCCN(C)C. The van der Waals surface area contributed by atoms with Gasteiger partial charge in [0.05, 0.1) is 35.2 Å². The van der Waals surface area contributed by atoms with Gasteiger partial charge in [0.25, 0.3) is 5.56 Å². The summed E-state index contributed by atoms with van der Waals surface area (Å²) in [4.78, 5) is 38.1. The fourth-order valence-corrected chi connectivity index (χ4v) is 4.57. The van der Waals surface area contributed by atoms with Gasteiger partial charge in [-0.1, -0.05) is 30.3 Å². The van der Waals surface area contributed by atoms with E-state index in [1.165, 1.54) is 0 Å². The summed E-state index contributed by atoms with van der Waals surface area (Å²) < 4.78 is 6.77. The molecule has 5 rings (SSSR count). The first-order chi connectivity index (χ1) is 16.3. The molecule has 34 heavy (non-hydrogen) atoms. The van der Waals surface area contributed by atoms with Gasteiger partial charge in [0, 0.05) is 28.6 Å². The van der Waals surface area contributed by atoms with E-state index in [0.29, 0.717) is 35.7 Å². The maximum absolute atomic E-state index is 13.4. The number of cyclic esters (lactones) is 1. The molecule has 1 N–H and O–H groups in total. The van der Waals surface area contributed by atoms with E-state index in [1.807, 2.05) is 43.3 Å². The lowest BCUT2D eigenvalue weighted by molar-refractivity contribution is -0.172. The molecule has 2 aliphatic rings. The van der Waals surface area contributed by atoms with Crippen molar-refractivity contribution in [2.24, 2.45) is 5.16 Å². The van der Waals surface area contributed by atoms with Gasteiger partial charge in [-0.25, -0.2) is 9.78 Å². The summed E-state index contributed by atoms with van der Waals surface area (Å²) in [5.41, 5.74) is 2.06. The Hall–Kier alpha value is -3.56. The van der Waals surface area contributed by atoms with Gasteiger partial charge in [-0.3, -0.25) is 4.79 Å². The molecule has 3 aromatic rings. The minimum absolute atomic E-state index is 0.0991. The molecule has 0 radical (unpaired) electrons. The Kier molecular flexibility index (Phi) is 5.45. The second-order valence-electron chi connectivity index (χ2n) is 8.84. The van der Waals surface area contributed by atoms with Gasteiger partial charge >= 0.3 is 5.97 Å². The maximum atomic E-state index is 13.4. The number of para-hydroxylation sites is 1. The van der Waals surface area contributed by atoms with Crippen LogP contribution in [0.1, 0.15) is 35.6 Å². The maximum Gasteiger partial charge on any atom is 0.343 e. The standard InChI is InChI=1S/C25H26N4O5/c1-4-25(32)19-11-21-22-17(13-29(21)23(30)18(19)14-33-24(25)31)16(12-26-34-10-9-28(2)3)15-7-5-6-8-20(15)27-22/h5-8,11-12,32H,4,9-10,13-14H2,1-3H3/b26-12-/t25-/m0/s1. The zero-order valence-corrected chi connectivity index (χ0v) is 19.4. The van der Waals surface area contributed by atoms with Gasteiger partial charge in [0.15, 0.2) is 5.60 Å². The Morgan fingerprint density at radius 2 is 2.09 bits per heavy atom. The van der Waals surface area contributed by atoms with E-state index in [4.69, 9.17) is 14.6 Å². The molecule has 1 atom stereocenters. The summed E-state index contributed by atoms with van der Waals surface area (Å²) in [6.07, 6.45) is 1.77. The number of likely N-dealkylation sites (N-methyl/N-ethyl adjacent to an activating group) is 1. The van der Waals surface area contributed by atoms with E-state index in [0.717, 1.165) is 28.6 Å². The lowest BCUT2D eigenvalue weighted by Gasteiger charge is -2.31. The second-order valence-corrected chi connectivity index (χ2v) is 8.84. The number of pyridine rings is 2. The fraction of sp³-hybridized carbons (Fsp3) is 0.360. The number of carbonyl (C=O) groups excluding carboxylic acids is 1. The van der Waals surface area contributed by atoms with E-state index in [-0.39, 0.29) is 18.6 Å². The van der Waals surface area contributed by atoms with Crippen molar-refractivity contribution >= 4 is 23.1 Å². The molecule has 9 heteroatoms. The van der Waals surface area contributed by atoms with Crippen LogP contribution in [0.15, 0.2) is 40.3 Å². The molecule has 2 aromatic heterocycles. The smallest absolute Gasteiger partial charge is 0.343 e. The molecule has 0 bridgehead atoms. The second kappa shape index (κ2) is 8.34. The molecule has 0 unspecified atom stereocenters. The molecule has 176 valence electrons. The minimum atomic E-state index is -1.85. The molecule has 0 spiro atoms. The number of ether oxygens (including phenoxy) is 1. The van der Waals surface area contributed by atoms with Gasteiger partial charge < -0.3 is 24.1 Å². The van der Waals surface area contributed by atoms with E-state index in [1.54, 1.807) is 23.8 Å². The lowest BCUT2D eigenvalue weighted by atomic mass is 9.86. The number of benzene rings is 1. The molecular weight excluding hydrogens is 436 g/mol. The molecule has 0 fully saturated rings. The first kappa shape index (κ1) is 22.2. The zero-order valence-electron chi connectivity index (χ0n) is 19.4. The molecule has 1 aromatic carbocycles. The Bertz CT molecular complexity index is 1390. The predicted octanol–water partition coefficient (Wildman–Crippen LogP) is 1.99. The number of hydrogen-bond acceptors (Lipinski definition) is 8. The van der Waals surface area contributed by atoms with Crippen LogP contribution < -0.4 is 5.56 Å². The third-order valence-electron chi connectivity index (χ3n) is 6.53. The van der Waals surface area contributed by atoms with E-state index in [2.05, 4.69) is 5.16 Å². The Morgan fingerprint density at radius 3 is 2.85 bits per heavy atom. The summed E-state index contributed by atoms with van der Waals surface area (Å²) >= 11 is 0. The average Bonchev–Trinajstić information content (AvgIpc) is 3.19. The molecule has 0 saturated heterocycles. The zero-order chi connectivity index (χ0) is 24.0. The summed E-state index contributed by atoms with van der Waals surface area (Å²) in [5, 5.41) is 16.1. The van der Waals surface area contributed by atoms with Gasteiger partial charge in [0.1, 0.15) is 13.2 Å². The average molecular weight is 463 g/mol. The molecular formula is C25H26N4O5. The number of rotatable bonds is 6. The van der Waals surface area contributed by atoms with Crippen LogP contribution in [0.25, 0.3) is 22.3 Å². The van der Waals surface area contributed by atoms with Gasteiger partial charge in [-0.2, -0.15) is 0 Å². The quantitative estimate of drug-likeness (QED) is 0.202. The number of carbonyl (C=O) groups is 1. The van der Waals surface area contributed by atoms with E-state index < -0.39 is 11.6 Å². The topological polar surface area (TPSA) is 106 Å². The summed E-state index contributed by atoms with van der Waals surface area (Å²) in [7, 11) is 3.92. The predicted molar refractivity (Wildman–Crippen MR) is 127 cm³/mol. The van der Waals surface area contributed by atoms with Crippen molar-refractivity contribution < 1.29 is 19.5 Å². The molecule has 2 aliphatic heterocycles. The van der Waals surface area contributed by atoms with Crippen molar-refractivity contribution in [3.05, 3.63) is 62.9 Å². The summed E-state index contributed by atoms with van der Waals surface area (Å²) in [5.74, 6) is -0.737. The molecule has 0 amide bonds. The van der Waals surface area contributed by atoms with Crippen LogP contribution in [0, 0.1) is 0 Å². The Morgan fingerprint density at radius 1 is 1.29 bits per heavy atom. The highest BCUT2D eigenvalue weighted by atomic mass is 16.6. The van der Waals surface area contributed by atoms with Crippen LogP contribution in [0.2, 0.25) is 0 Å². The first-order valence-electron chi connectivity index (χ1n) is 11.2. The minimum Gasteiger partial charge on any atom is -0.458 e. The normalized spacial score (nSPS) is 18.8. The highest BCUT2D eigenvalue weighted by Gasteiger charge is 2.45. The van der Waals surface area contributed by atoms with Crippen LogP contribution in [0.4, 0.5) is 0 Å². The number of nitrogens with zero attached hydrogens (tertiary/aromatic N) is 4. The van der Waals surface area contributed by atoms with Crippen LogP contribution in [0.3, 0.4) is 0 Å².